The van der Waals surface area contributed by atoms with Gasteiger partial charge in [-0.2, -0.15) is 0 Å². The van der Waals surface area contributed by atoms with Crippen molar-refractivity contribution < 1.29 is 9.32 Å². The molecule has 2 aromatic heterocycles. The molecule has 6 heteroatoms. The highest BCUT2D eigenvalue weighted by atomic mass is 32.1. The number of nitrogens with zero attached hydrogens (tertiary/aromatic N) is 3. The van der Waals surface area contributed by atoms with Crippen LogP contribution in [0, 0.1) is 13.8 Å². The second-order valence-corrected chi connectivity index (χ2v) is 6.25. The minimum absolute atomic E-state index is 0.0587. The maximum Gasteiger partial charge on any atom is 0.254 e. The van der Waals surface area contributed by atoms with Gasteiger partial charge in [0.05, 0.1) is 27.5 Å². The van der Waals surface area contributed by atoms with E-state index in [0.717, 1.165) is 20.9 Å². The number of aryl methyl sites for hydroxylation is 2. The van der Waals surface area contributed by atoms with Crippen LogP contribution < -0.4 is 0 Å². The number of amides is 1. The Morgan fingerprint density at radius 3 is 2.86 bits per heavy atom. The summed E-state index contributed by atoms with van der Waals surface area (Å²) in [4.78, 5) is 18.5. The van der Waals surface area contributed by atoms with E-state index in [-0.39, 0.29) is 5.91 Å². The fraction of sp³-hybridized carbons (Fsp3) is 0.267. The summed E-state index contributed by atoms with van der Waals surface area (Å²) in [5.41, 5.74) is 2.31. The molecule has 1 amide bonds. The molecule has 3 aromatic rings. The molecule has 3 rings (SSSR count). The number of aromatic nitrogens is 2. The van der Waals surface area contributed by atoms with Crippen LogP contribution in [0.2, 0.25) is 0 Å². The fourth-order valence-electron chi connectivity index (χ4n) is 2.19. The maximum atomic E-state index is 12.4. The SMILES string of the molecule is Cc1cc(CN(C)C(=O)c2ccc3sc(C)nc3c2)on1. The predicted octanol–water partition coefficient (Wildman–Crippen LogP) is 3.17. The van der Waals surface area contributed by atoms with Crippen molar-refractivity contribution in [3.8, 4) is 0 Å². The van der Waals surface area contributed by atoms with Crippen molar-refractivity contribution in [1.29, 1.82) is 0 Å². The quantitative estimate of drug-likeness (QED) is 0.745. The van der Waals surface area contributed by atoms with Crippen molar-refractivity contribution in [3.05, 3.63) is 46.3 Å². The first-order valence-corrected chi connectivity index (χ1v) is 7.39. The first kappa shape index (κ1) is 13.8. The molecule has 0 fully saturated rings. The second-order valence-electron chi connectivity index (χ2n) is 5.01. The van der Waals surface area contributed by atoms with Gasteiger partial charge < -0.3 is 9.42 Å². The highest BCUT2D eigenvalue weighted by Crippen LogP contribution is 2.23. The normalized spacial score (nSPS) is 11.0. The lowest BCUT2D eigenvalue weighted by atomic mass is 10.2. The Kier molecular flexibility index (Phi) is 3.47. The smallest absolute Gasteiger partial charge is 0.254 e. The summed E-state index contributed by atoms with van der Waals surface area (Å²) in [6, 6.07) is 7.45. The molecule has 1 aromatic carbocycles. The fourth-order valence-corrected chi connectivity index (χ4v) is 3.00. The number of carbonyl (C=O) groups is 1. The number of fused-ring (bicyclic) bond motifs is 1. The number of rotatable bonds is 3. The summed E-state index contributed by atoms with van der Waals surface area (Å²) in [6.07, 6.45) is 0. The molecule has 0 radical (unpaired) electrons. The van der Waals surface area contributed by atoms with E-state index in [2.05, 4.69) is 10.1 Å². The van der Waals surface area contributed by atoms with Crippen LogP contribution in [0.3, 0.4) is 0 Å². The molecule has 108 valence electrons. The summed E-state index contributed by atoms with van der Waals surface area (Å²) >= 11 is 1.63. The van der Waals surface area contributed by atoms with Crippen LogP contribution in [-0.2, 0) is 6.54 Å². The molecular weight excluding hydrogens is 286 g/mol. The zero-order valence-corrected chi connectivity index (χ0v) is 12.9. The molecule has 0 saturated carbocycles. The van der Waals surface area contributed by atoms with Gasteiger partial charge in [-0.25, -0.2) is 4.98 Å². The van der Waals surface area contributed by atoms with Crippen LogP contribution in [0.1, 0.15) is 26.8 Å². The van der Waals surface area contributed by atoms with Crippen LogP contribution in [0.15, 0.2) is 28.8 Å². The zero-order valence-electron chi connectivity index (χ0n) is 12.1. The Bertz CT molecular complexity index is 806. The highest BCUT2D eigenvalue weighted by molar-refractivity contribution is 7.18. The van der Waals surface area contributed by atoms with Crippen LogP contribution in [-0.4, -0.2) is 28.0 Å². The monoisotopic (exact) mass is 301 g/mol. The number of hydrogen-bond donors (Lipinski definition) is 0. The average molecular weight is 301 g/mol. The second kappa shape index (κ2) is 5.29. The molecule has 5 nitrogen and oxygen atoms in total. The van der Waals surface area contributed by atoms with Crippen molar-refractivity contribution in [2.24, 2.45) is 0 Å². The molecule has 2 heterocycles. The predicted molar refractivity (Wildman–Crippen MR) is 81.4 cm³/mol. The molecule has 0 saturated heterocycles. The Balaban J connectivity index is 1.81. The van der Waals surface area contributed by atoms with Crippen molar-refractivity contribution >= 4 is 27.5 Å². The Morgan fingerprint density at radius 2 is 2.14 bits per heavy atom. The minimum atomic E-state index is -0.0587. The van der Waals surface area contributed by atoms with Crippen molar-refractivity contribution in [2.45, 2.75) is 20.4 Å². The van der Waals surface area contributed by atoms with Crippen molar-refractivity contribution in [3.63, 3.8) is 0 Å². The largest absolute Gasteiger partial charge is 0.359 e. The lowest BCUT2D eigenvalue weighted by Gasteiger charge is -2.15. The van der Waals surface area contributed by atoms with Gasteiger partial charge in [0.25, 0.3) is 5.91 Å². The van der Waals surface area contributed by atoms with E-state index in [0.29, 0.717) is 17.9 Å². The molecule has 0 unspecified atom stereocenters. The summed E-state index contributed by atoms with van der Waals surface area (Å²) in [7, 11) is 1.75. The van der Waals surface area contributed by atoms with E-state index in [9.17, 15) is 4.79 Å². The van der Waals surface area contributed by atoms with Gasteiger partial charge in [0.2, 0.25) is 0 Å². The van der Waals surface area contributed by atoms with Gasteiger partial charge in [0.1, 0.15) is 0 Å². The van der Waals surface area contributed by atoms with Crippen LogP contribution in [0.25, 0.3) is 10.2 Å². The topological polar surface area (TPSA) is 59.2 Å². The van der Waals surface area contributed by atoms with E-state index in [1.165, 1.54) is 0 Å². The summed E-state index contributed by atoms with van der Waals surface area (Å²) in [5.74, 6) is 0.616. The lowest BCUT2D eigenvalue weighted by Crippen LogP contribution is -2.25. The molecule has 0 N–H and O–H groups in total. The Labute approximate surface area is 126 Å². The lowest BCUT2D eigenvalue weighted by molar-refractivity contribution is 0.0772. The molecule has 0 atom stereocenters. The van der Waals surface area contributed by atoms with Gasteiger partial charge in [0.15, 0.2) is 5.76 Å². The molecular formula is C15H15N3O2S. The standard InChI is InChI=1S/C15H15N3O2S/c1-9-6-12(20-17-9)8-18(3)15(19)11-4-5-14-13(7-11)16-10(2)21-14/h4-7H,8H2,1-3H3. The molecule has 0 aliphatic rings. The van der Waals surface area contributed by atoms with Gasteiger partial charge in [0, 0.05) is 18.7 Å². The summed E-state index contributed by atoms with van der Waals surface area (Å²) < 4.78 is 6.23. The minimum Gasteiger partial charge on any atom is -0.359 e. The van der Waals surface area contributed by atoms with Crippen molar-refractivity contribution in [1.82, 2.24) is 15.0 Å². The maximum absolute atomic E-state index is 12.4. The van der Waals surface area contributed by atoms with Gasteiger partial charge in [-0.15, -0.1) is 11.3 Å². The van der Waals surface area contributed by atoms with Gasteiger partial charge >= 0.3 is 0 Å². The van der Waals surface area contributed by atoms with Crippen LogP contribution in [0.5, 0.6) is 0 Å². The van der Waals surface area contributed by atoms with Gasteiger partial charge in [-0.3, -0.25) is 4.79 Å². The molecule has 21 heavy (non-hydrogen) atoms. The third kappa shape index (κ3) is 2.80. The number of thiazole rings is 1. The van der Waals surface area contributed by atoms with Crippen LogP contribution >= 0.6 is 11.3 Å². The first-order valence-electron chi connectivity index (χ1n) is 6.58. The Morgan fingerprint density at radius 1 is 1.33 bits per heavy atom. The van der Waals surface area contributed by atoms with Crippen molar-refractivity contribution in [2.75, 3.05) is 7.05 Å². The van der Waals surface area contributed by atoms with Gasteiger partial charge in [-0.05, 0) is 32.0 Å². The third-order valence-electron chi connectivity index (χ3n) is 3.16. The van der Waals surface area contributed by atoms with E-state index in [4.69, 9.17) is 4.52 Å². The first-order chi connectivity index (χ1) is 10.0. The summed E-state index contributed by atoms with van der Waals surface area (Å²) in [6.45, 7) is 4.21. The number of carbonyl (C=O) groups excluding carboxylic acids is 1. The average Bonchev–Trinajstić information content (AvgIpc) is 3.01. The van der Waals surface area contributed by atoms with E-state index < -0.39 is 0 Å². The Hall–Kier alpha value is -2.21. The zero-order chi connectivity index (χ0) is 15.0. The number of hydrogen-bond acceptors (Lipinski definition) is 5. The third-order valence-corrected chi connectivity index (χ3v) is 4.11. The van der Waals surface area contributed by atoms with E-state index in [1.54, 1.807) is 23.3 Å². The molecule has 0 aliphatic carbocycles. The van der Waals surface area contributed by atoms with E-state index >= 15 is 0 Å². The molecule has 0 spiro atoms. The van der Waals surface area contributed by atoms with Crippen LogP contribution in [0.4, 0.5) is 0 Å². The van der Waals surface area contributed by atoms with E-state index in [1.807, 2.05) is 38.1 Å². The highest BCUT2D eigenvalue weighted by Gasteiger charge is 2.15. The number of benzene rings is 1. The molecule has 0 aliphatic heterocycles. The van der Waals surface area contributed by atoms with Gasteiger partial charge in [-0.1, -0.05) is 5.16 Å². The summed E-state index contributed by atoms with van der Waals surface area (Å²) in [5, 5.41) is 4.82. The molecule has 0 bridgehead atoms.